The van der Waals surface area contributed by atoms with E-state index in [0.29, 0.717) is 27.9 Å². The largest absolute Gasteiger partial charge is 0.397 e. The number of halogens is 3. The fourth-order valence-electron chi connectivity index (χ4n) is 3.65. The van der Waals surface area contributed by atoms with Gasteiger partial charge in [-0.25, -0.2) is 0 Å². The van der Waals surface area contributed by atoms with Crippen LogP contribution in [0.3, 0.4) is 0 Å². The lowest BCUT2D eigenvalue weighted by Crippen LogP contribution is -2.37. The van der Waals surface area contributed by atoms with Crippen molar-refractivity contribution in [1.29, 1.82) is 0 Å². The zero-order chi connectivity index (χ0) is 23.3. The van der Waals surface area contributed by atoms with E-state index in [1.165, 1.54) is 23.2 Å². The third-order valence-corrected chi connectivity index (χ3v) is 5.59. The number of nitrogens with one attached hydrogen (secondary N) is 1. The fourth-order valence-corrected chi connectivity index (χ4v) is 3.65. The van der Waals surface area contributed by atoms with E-state index in [2.05, 4.69) is 9.97 Å². The van der Waals surface area contributed by atoms with E-state index in [1.807, 2.05) is 0 Å². The predicted octanol–water partition coefficient (Wildman–Crippen LogP) is 4.75. The molecule has 0 atom stereocenters. The standard InChI is InChI=1S/C23H24F3N3O2/c1-12-10-15(22(3,4)23(24,25)26)13(2)9-14(12)17-11-18(30)19-16(28-17)7-8-27-20(19)21(31)29(5)6/h7-11H,1-6H3,(H,28,30). The molecule has 2 aromatic heterocycles. The maximum absolute atomic E-state index is 13.6. The molecule has 3 rings (SSSR count). The van der Waals surface area contributed by atoms with Gasteiger partial charge < -0.3 is 9.88 Å². The lowest BCUT2D eigenvalue weighted by atomic mass is 9.79. The monoisotopic (exact) mass is 431 g/mol. The number of aromatic nitrogens is 2. The molecule has 1 aromatic carbocycles. The number of hydrogen-bond acceptors (Lipinski definition) is 3. The van der Waals surface area contributed by atoms with E-state index in [9.17, 15) is 22.8 Å². The molecule has 3 aromatic rings. The van der Waals surface area contributed by atoms with Gasteiger partial charge in [0.15, 0.2) is 5.43 Å². The van der Waals surface area contributed by atoms with Crippen molar-refractivity contribution in [1.82, 2.24) is 14.9 Å². The van der Waals surface area contributed by atoms with E-state index < -0.39 is 17.5 Å². The highest BCUT2D eigenvalue weighted by molar-refractivity contribution is 6.04. The summed E-state index contributed by atoms with van der Waals surface area (Å²) in [5.41, 5.74) is 0.425. The molecule has 0 aliphatic rings. The number of H-pyrrole nitrogens is 1. The van der Waals surface area contributed by atoms with E-state index in [1.54, 1.807) is 40.1 Å². The van der Waals surface area contributed by atoms with E-state index in [-0.39, 0.29) is 22.1 Å². The lowest BCUT2D eigenvalue weighted by molar-refractivity contribution is -0.180. The number of carbonyl (C=O) groups is 1. The zero-order valence-electron chi connectivity index (χ0n) is 18.2. The Hall–Kier alpha value is -3.16. The second kappa shape index (κ2) is 7.51. The van der Waals surface area contributed by atoms with Crippen LogP contribution in [-0.4, -0.2) is 41.0 Å². The van der Waals surface area contributed by atoms with Crippen molar-refractivity contribution in [2.75, 3.05) is 14.1 Å². The molecule has 0 radical (unpaired) electrons. The molecule has 2 heterocycles. The molecule has 31 heavy (non-hydrogen) atoms. The molecule has 1 amide bonds. The Bertz CT molecular complexity index is 1240. The minimum absolute atomic E-state index is 0.0467. The Kier molecular flexibility index (Phi) is 5.46. The van der Waals surface area contributed by atoms with Crippen molar-refractivity contribution >= 4 is 16.8 Å². The number of rotatable bonds is 3. The van der Waals surface area contributed by atoms with Gasteiger partial charge in [-0.1, -0.05) is 6.07 Å². The summed E-state index contributed by atoms with van der Waals surface area (Å²) in [6, 6.07) is 6.12. The fraction of sp³-hybridized carbons (Fsp3) is 0.348. The second-order valence-electron chi connectivity index (χ2n) is 8.43. The van der Waals surface area contributed by atoms with Crippen molar-refractivity contribution in [2.45, 2.75) is 39.3 Å². The Morgan fingerprint density at radius 1 is 1.06 bits per heavy atom. The number of hydrogen-bond donors (Lipinski definition) is 1. The molecule has 5 nitrogen and oxygen atoms in total. The van der Waals surface area contributed by atoms with Gasteiger partial charge in [-0.05, 0) is 56.5 Å². The topological polar surface area (TPSA) is 66.1 Å². The van der Waals surface area contributed by atoms with Crippen LogP contribution in [0.2, 0.25) is 0 Å². The SMILES string of the molecule is Cc1cc(C(C)(C)C(F)(F)F)c(C)cc1-c1cc(=O)c2c(C(=O)N(C)C)nccc2[nH]1. The van der Waals surface area contributed by atoms with Gasteiger partial charge in [0.2, 0.25) is 0 Å². The number of carbonyl (C=O) groups excluding carboxylic acids is 1. The van der Waals surface area contributed by atoms with E-state index >= 15 is 0 Å². The number of fused-ring (bicyclic) bond motifs is 1. The van der Waals surface area contributed by atoms with Crippen LogP contribution in [0, 0.1) is 13.8 Å². The van der Waals surface area contributed by atoms with Gasteiger partial charge in [0.25, 0.3) is 5.91 Å². The van der Waals surface area contributed by atoms with Crippen molar-refractivity contribution in [2.24, 2.45) is 0 Å². The summed E-state index contributed by atoms with van der Waals surface area (Å²) in [5, 5.41) is 0.175. The van der Waals surface area contributed by atoms with Crippen molar-refractivity contribution < 1.29 is 18.0 Å². The molecule has 164 valence electrons. The first-order valence-electron chi connectivity index (χ1n) is 9.68. The summed E-state index contributed by atoms with van der Waals surface area (Å²) < 4.78 is 40.7. The summed E-state index contributed by atoms with van der Waals surface area (Å²) in [4.78, 5) is 33.8. The molecular weight excluding hydrogens is 407 g/mol. The Balaban J connectivity index is 2.21. The second-order valence-corrected chi connectivity index (χ2v) is 8.43. The quantitative estimate of drug-likeness (QED) is 0.651. The first-order valence-corrected chi connectivity index (χ1v) is 9.68. The van der Waals surface area contributed by atoms with Crippen LogP contribution in [0.5, 0.6) is 0 Å². The molecule has 0 saturated heterocycles. The van der Waals surface area contributed by atoms with Gasteiger partial charge in [-0.15, -0.1) is 0 Å². The third kappa shape index (κ3) is 3.82. The minimum Gasteiger partial charge on any atom is -0.354 e. The summed E-state index contributed by atoms with van der Waals surface area (Å²) >= 11 is 0. The summed E-state index contributed by atoms with van der Waals surface area (Å²) in [6.07, 6.45) is -2.96. The molecule has 0 aliphatic carbocycles. The van der Waals surface area contributed by atoms with Crippen LogP contribution >= 0.6 is 0 Å². The Morgan fingerprint density at radius 2 is 1.71 bits per heavy atom. The van der Waals surface area contributed by atoms with Gasteiger partial charge in [0.1, 0.15) is 5.69 Å². The first-order chi connectivity index (χ1) is 14.3. The smallest absolute Gasteiger partial charge is 0.354 e. The average Bonchev–Trinajstić information content (AvgIpc) is 2.67. The van der Waals surface area contributed by atoms with Crippen molar-refractivity contribution in [3.63, 3.8) is 0 Å². The molecule has 0 spiro atoms. The van der Waals surface area contributed by atoms with Crippen LogP contribution in [0.1, 0.15) is 41.0 Å². The number of amides is 1. The number of aromatic amines is 1. The van der Waals surface area contributed by atoms with Gasteiger partial charge in [0, 0.05) is 37.6 Å². The van der Waals surface area contributed by atoms with Crippen LogP contribution in [0.4, 0.5) is 13.2 Å². The number of benzene rings is 1. The number of pyridine rings is 2. The van der Waals surface area contributed by atoms with Crippen molar-refractivity contribution in [3.8, 4) is 11.3 Å². The van der Waals surface area contributed by atoms with Gasteiger partial charge in [-0.2, -0.15) is 13.2 Å². The summed E-state index contributed by atoms with van der Waals surface area (Å²) in [6.45, 7) is 5.65. The van der Waals surface area contributed by atoms with Crippen LogP contribution < -0.4 is 5.43 Å². The Morgan fingerprint density at radius 3 is 2.29 bits per heavy atom. The molecule has 0 saturated carbocycles. The number of nitrogens with zero attached hydrogens (tertiary/aromatic N) is 2. The highest BCUT2D eigenvalue weighted by atomic mass is 19.4. The maximum atomic E-state index is 13.6. The van der Waals surface area contributed by atoms with Gasteiger partial charge in [0.05, 0.1) is 16.3 Å². The van der Waals surface area contributed by atoms with Crippen LogP contribution in [-0.2, 0) is 5.41 Å². The minimum atomic E-state index is -4.40. The molecule has 0 aliphatic heterocycles. The van der Waals surface area contributed by atoms with Crippen LogP contribution in [0.25, 0.3) is 22.2 Å². The lowest BCUT2D eigenvalue weighted by Gasteiger charge is -2.30. The molecule has 8 heteroatoms. The molecular formula is C23H24F3N3O2. The van der Waals surface area contributed by atoms with E-state index in [0.717, 1.165) is 13.8 Å². The maximum Gasteiger partial charge on any atom is 0.397 e. The molecule has 0 unspecified atom stereocenters. The number of alkyl halides is 3. The summed E-state index contributed by atoms with van der Waals surface area (Å²) in [7, 11) is 3.14. The number of aryl methyl sites for hydroxylation is 2. The normalized spacial score (nSPS) is 12.3. The van der Waals surface area contributed by atoms with Gasteiger partial charge >= 0.3 is 6.18 Å². The summed E-state index contributed by atoms with van der Waals surface area (Å²) in [5.74, 6) is -0.394. The Labute approximate surface area is 177 Å². The van der Waals surface area contributed by atoms with Crippen molar-refractivity contribution in [3.05, 3.63) is 63.1 Å². The molecule has 0 fully saturated rings. The highest BCUT2D eigenvalue weighted by Crippen LogP contribution is 2.43. The first kappa shape index (κ1) is 22.5. The van der Waals surface area contributed by atoms with Gasteiger partial charge in [-0.3, -0.25) is 14.6 Å². The highest BCUT2D eigenvalue weighted by Gasteiger charge is 2.49. The van der Waals surface area contributed by atoms with Crippen LogP contribution in [0.15, 0.2) is 35.3 Å². The van der Waals surface area contributed by atoms with E-state index in [4.69, 9.17) is 0 Å². The predicted molar refractivity (Wildman–Crippen MR) is 114 cm³/mol. The third-order valence-electron chi connectivity index (χ3n) is 5.59. The molecule has 1 N–H and O–H groups in total. The molecule has 0 bridgehead atoms. The average molecular weight is 431 g/mol. The zero-order valence-corrected chi connectivity index (χ0v) is 18.2.